The summed E-state index contributed by atoms with van der Waals surface area (Å²) < 4.78 is 10.9. The zero-order valence-corrected chi connectivity index (χ0v) is 26.2. The van der Waals surface area contributed by atoms with Gasteiger partial charge >= 0.3 is 12.1 Å². The molecule has 0 heterocycles. The van der Waals surface area contributed by atoms with Crippen LogP contribution in [-0.4, -0.2) is 57.8 Å². The van der Waals surface area contributed by atoms with Crippen LogP contribution in [0, 0.1) is 19.4 Å². The molecule has 2 rings (SSSR count). The van der Waals surface area contributed by atoms with Crippen LogP contribution in [0.25, 0.3) is 0 Å². The Hall–Kier alpha value is -3.97. The third-order valence-electron chi connectivity index (χ3n) is 5.74. The minimum atomic E-state index is -1.34. The molecule has 3 amide bonds. The largest absolute Gasteiger partial charge is 0.458 e. The lowest BCUT2D eigenvalue weighted by Gasteiger charge is -2.31. The van der Waals surface area contributed by atoms with Crippen molar-refractivity contribution >= 4 is 36.5 Å². The molecule has 0 aliphatic heterocycles. The third-order valence-corrected chi connectivity index (χ3v) is 6.10. The maximum atomic E-state index is 14.0. The number of alkyl carbamates (subject to hydrolysis) is 1. The summed E-state index contributed by atoms with van der Waals surface area (Å²) in [5.41, 5.74) is 0.511. The number of benzene rings is 2. The molecule has 0 radical (unpaired) electrons. The lowest BCUT2D eigenvalue weighted by molar-refractivity contribution is -0.159. The van der Waals surface area contributed by atoms with Gasteiger partial charge in [-0.05, 0) is 59.6 Å². The van der Waals surface area contributed by atoms with Crippen molar-refractivity contribution in [2.24, 2.45) is 0 Å². The summed E-state index contributed by atoms with van der Waals surface area (Å²) in [5, 5.41) is 5.24. The molecule has 2 N–H and O–H groups in total. The number of aryl methyl sites for hydroxylation is 1. The van der Waals surface area contributed by atoms with E-state index in [1.165, 1.54) is 0 Å². The summed E-state index contributed by atoms with van der Waals surface area (Å²) in [5.74, 6) is -2.21. The van der Waals surface area contributed by atoms with E-state index in [1.807, 2.05) is 37.3 Å². The minimum absolute atomic E-state index is 0.118. The molecule has 9 nitrogen and oxygen atoms in total. The number of rotatable bonds is 10. The van der Waals surface area contributed by atoms with Gasteiger partial charge in [-0.25, -0.2) is 9.59 Å². The predicted octanol–water partition coefficient (Wildman–Crippen LogP) is 4.35. The van der Waals surface area contributed by atoms with Gasteiger partial charge in [0.05, 0.1) is 0 Å². The van der Waals surface area contributed by atoms with E-state index in [2.05, 4.69) is 29.3 Å². The van der Waals surface area contributed by atoms with Gasteiger partial charge in [-0.2, -0.15) is 12.6 Å². The third kappa shape index (κ3) is 10.8. The zero-order chi connectivity index (χ0) is 31.7. The molecule has 0 saturated heterocycles. The van der Waals surface area contributed by atoms with Crippen LogP contribution >= 0.6 is 12.6 Å². The van der Waals surface area contributed by atoms with Crippen LogP contribution in [0.5, 0.6) is 0 Å². The van der Waals surface area contributed by atoms with Gasteiger partial charge in [-0.3, -0.25) is 14.5 Å². The van der Waals surface area contributed by atoms with Crippen molar-refractivity contribution in [2.75, 3.05) is 5.75 Å². The summed E-state index contributed by atoms with van der Waals surface area (Å²) in [6.07, 6.45) is 5.12. The number of carbonyl (C=O) groups is 4. The van der Waals surface area contributed by atoms with E-state index >= 15 is 0 Å². The van der Waals surface area contributed by atoms with Crippen molar-refractivity contribution in [3.8, 4) is 12.5 Å². The summed E-state index contributed by atoms with van der Waals surface area (Å²) >= 11 is 4.22. The van der Waals surface area contributed by atoms with E-state index < -0.39 is 53.2 Å². The highest BCUT2D eigenvalue weighted by molar-refractivity contribution is 7.80. The van der Waals surface area contributed by atoms with Crippen molar-refractivity contribution in [1.82, 2.24) is 15.5 Å². The minimum Gasteiger partial charge on any atom is -0.458 e. The van der Waals surface area contributed by atoms with Crippen LogP contribution in [0.1, 0.15) is 64.3 Å². The van der Waals surface area contributed by atoms with Gasteiger partial charge in [0.1, 0.15) is 29.3 Å². The number of ether oxygens (including phenoxy) is 2. The number of nitrogens with one attached hydrogen (secondary N) is 2. The second-order valence-electron chi connectivity index (χ2n) is 11.8. The Morgan fingerprint density at radius 1 is 0.881 bits per heavy atom. The highest BCUT2D eigenvalue weighted by Gasteiger charge is 2.37. The zero-order valence-electron chi connectivity index (χ0n) is 25.3. The first-order chi connectivity index (χ1) is 19.5. The van der Waals surface area contributed by atoms with E-state index in [0.717, 1.165) is 16.0 Å². The molecule has 226 valence electrons. The number of hydrogen-bond donors (Lipinski definition) is 3. The predicted molar refractivity (Wildman–Crippen MR) is 165 cm³/mol. The van der Waals surface area contributed by atoms with Crippen LogP contribution in [0.15, 0.2) is 54.6 Å². The first-order valence-corrected chi connectivity index (χ1v) is 14.2. The number of esters is 1. The van der Waals surface area contributed by atoms with E-state index in [-0.39, 0.29) is 12.2 Å². The van der Waals surface area contributed by atoms with Gasteiger partial charge in [0.25, 0.3) is 5.91 Å². The van der Waals surface area contributed by atoms with Crippen molar-refractivity contribution in [3.63, 3.8) is 0 Å². The molecule has 0 bridgehead atoms. The molecule has 10 heteroatoms. The molecule has 3 unspecified atom stereocenters. The smallest absolute Gasteiger partial charge is 0.408 e. The van der Waals surface area contributed by atoms with Crippen molar-refractivity contribution in [3.05, 3.63) is 71.3 Å². The highest BCUT2D eigenvalue weighted by atomic mass is 32.1. The Kier molecular flexibility index (Phi) is 12.0. The van der Waals surface area contributed by atoms with Crippen molar-refractivity contribution < 1.29 is 28.7 Å². The Morgan fingerprint density at radius 2 is 1.45 bits per heavy atom. The fraction of sp³-hybridized carbons (Fsp3) is 0.438. The fourth-order valence-corrected chi connectivity index (χ4v) is 4.15. The van der Waals surface area contributed by atoms with Crippen molar-refractivity contribution in [2.45, 2.75) is 84.2 Å². The van der Waals surface area contributed by atoms with E-state index in [1.54, 1.807) is 65.8 Å². The number of amides is 3. The maximum absolute atomic E-state index is 14.0. The lowest BCUT2D eigenvalue weighted by atomic mass is 10.0. The fourth-order valence-electron chi connectivity index (χ4n) is 3.90. The quantitative estimate of drug-likeness (QED) is 0.163. The molecular weight excluding hydrogens is 554 g/mol. The molecular formula is C32H41N3O6S. The van der Waals surface area contributed by atoms with E-state index in [4.69, 9.17) is 15.9 Å². The first kappa shape index (κ1) is 34.2. The summed E-state index contributed by atoms with van der Waals surface area (Å²) in [7, 11) is 0. The normalized spacial score (nSPS) is 13.5. The number of terminal acetylenes is 1. The molecule has 3 atom stereocenters. The highest BCUT2D eigenvalue weighted by Crippen LogP contribution is 2.24. The monoisotopic (exact) mass is 595 g/mol. The van der Waals surface area contributed by atoms with Gasteiger partial charge in [0, 0.05) is 18.2 Å². The van der Waals surface area contributed by atoms with Gasteiger partial charge in [0.2, 0.25) is 5.91 Å². The van der Waals surface area contributed by atoms with Gasteiger partial charge in [-0.1, -0.05) is 66.6 Å². The summed E-state index contributed by atoms with van der Waals surface area (Å²) in [4.78, 5) is 54.2. The molecule has 0 saturated carbocycles. The lowest BCUT2D eigenvalue weighted by Crippen LogP contribution is -2.54. The molecule has 0 spiro atoms. The SMILES string of the molecule is C#CN(C(=O)C(CS)NC(=O)OC(C)(C)C)C(C(=O)NC(Cc1ccccc1)C(=O)OC(C)(C)C)c1ccc(C)cc1. The topological polar surface area (TPSA) is 114 Å². The average Bonchev–Trinajstić information content (AvgIpc) is 2.88. The molecule has 42 heavy (non-hydrogen) atoms. The summed E-state index contributed by atoms with van der Waals surface area (Å²) in [6, 6.07) is 14.7. The van der Waals surface area contributed by atoms with E-state index in [0.29, 0.717) is 5.56 Å². The van der Waals surface area contributed by atoms with Crippen LogP contribution in [0.2, 0.25) is 0 Å². The second-order valence-corrected chi connectivity index (χ2v) is 12.2. The Morgan fingerprint density at radius 3 is 1.95 bits per heavy atom. The second kappa shape index (κ2) is 14.8. The van der Waals surface area contributed by atoms with Gasteiger partial charge < -0.3 is 20.1 Å². The average molecular weight is 596 g/mol. The van der Waals surface area contributed by atoms with Crippen LogP contribution in [-0.2, 0) is 30.3 Å². The van der Waals surface area contributed by atoms with Crippen LogP contribution < -0.4 is 10.6 Å². The van der Waals surface area contributed by atoms with E-state index in [9.17, 15) is 19.2 Å². The molecule has 2 aromatic rings. The number of hydrogen-bond acceptors (Lipinski definition) is 7. The molecule has 0 aromatic heterocycles. The molecule has 0 aliphatic rings. The van der Waals surface area contributed by atoms with Gasteiger partial charge in [0.15, 0.2) is 0 Å². The number of nitrogens with zero attached hydrogens (tertiary/aromatic N) is 1. The molecule has 2 aromatic carbocycles. The molecule has 0 fully saturated rings. The van der Waals surface area contributed by atoms with Gasteiger partial charge in [-0.15, -0.1) is 0 Å². The standard InChI is InChI=1S/C32H41N3O6S/c1-9-35(28(37)25(20-42)34-30(39)41-32(6,7)8)26(23-17-15-21(2)16-18-23)27(36)33-24(29(38)40-31(3,4)5)19-22-13-11-10-12-14-22/h1,10-18,24-26,42H,19-20H2,2-8H3,(H,33,36)(H,34,39). The Balaban J connectivity index is 2.47. The van der Waals surface area contributed by atoms with Crippen LogP contribution in [0.3, 0.4) is 0 Å². The Bertz CT molecular complexity index is 1280. The van der Waals surface area contributed by atoms with Crippen LogP contribution in [0.4, 0.5) is 4.79 Å². The van der Waals surface area contributed by atoms with Crippen molar-refractivity contribution in [1.29, 1.82) is 0 Å². The number of thiol groups is 1. The summed E-state index contributed by atoms with van der Waals surface area (Å²) in [6.45, 7) is 12.1. The maximum Gasteiger partial charge on any atom is 0.408 e. The first-order valence-electron chi connectivity index (χ1n) is 13.6. The Labute approximate surface area is 254 Å². The number of carbonyl (C=O) groups excluding carboxylic acids is 4. The molecule has 0 aliphatic carbocycles.